The first-order valence-electron chi connectivity index (χ1n) is 5.57. The van der Waals surface area contributed by atoms with Gasteiger partial charge in [0.1, 0.15) is 0 Å². The van der Waals surface area contributed by atoms with Crippen LogP contribution in [0, 0.1) is 5.41 Å². The molecule has 0 heteroatoms. The first kappa shape index (κ1) is 12.0. The van der Waals surface area contributed by atoms with Crippen molar-refractivity contribution in [3.63, 3.8) is 0 Å². The average molecular weight is 202 g/mol. The first-order chi connectivity index (χ1) is 6.83. The first-order valence-corrected chi connectivity index (χ1v) is 5.57. The van der Waals surface area contributed by atoms with Gasteiger partial charge in [0.2, 0.25) is 0 Å². The summed E-state index contributed by atoms with van der Waals surface area (Å²) in [5, 5.41) is 0. The predicted octanol–water partition coefficient (Wildman–Crippen LogP) is 4.81. The molecule has 0 amide bonds. The largest absolute Gasteiger partial charge is 0.0748 e. The van der Waals surface area contributed by atoms with Crippen LogP contribution in [0.1, 0.15) is 41.5 Å². The van der Waals surface area contributed by atoms with E-state index < -0.39 is 0 Å². The highest BCUT2D eigenvalue weighted by atomic mass is 14.2. The highest BCUT2D eigenvalue weighted by Gasteiger charge is 2.13. The molecule has 0 heterocycles. The summed E-state index contributed by atoms with van der Waals surface area (Å²) in [6.45, 7) is 13.2. The van der Waals surface area contributed by atoms with Gasteiger partial charge in [-0.3, -0.25) is 0 Å². The molecule has 0 saturated heterocycles. The van der Waals surface area contributed by atoms with Crippen molar-refractivity contribution in [2.75, 3.05) is 0 Å². The van der Waals surface area contributed by atoms with Gasteiger partial charge in [0.05, 0.1) is 0 Å². The molecule has 0 aliphatic heterocycles. The van der Waals surface area contributed by atoms with Crippen LogP contribution < -0.4 is 0 Å². The highest BCUT2D eigenvalue weighted by molar-refractivity contribution is 5.49. The van der Waals surface area contributed by atoms with Crippen molar-refractivity contribution in [3.05, 3.63) is 46.6 Å². The van der Waals surface area contributed by atoms with Gasteiger partial charge in [-0.05, 0) is 44.4 Å². The Hall–Kier alpha value is -1.04. The zero-order valence-corrected chi connectivity index (χ0v) is 10.8. The van der Waals surface area contributed by atoms with E-state index in [1.807, 2.05) is 0 Å². The van der Waals surface area contributed by atoms with Gasteiger partial charge in [0.25, 0.3) is 0 Å². The summed E-state index contributed by atoms with van der Waals surface area (Å²) in [6.07, 6.45) is 9.05. The zero-order chi connectivity index (χ0) is 11.6. The van der Waals surface area contributed by atoms with Crippen molar-refractivity contribution >= 4 is 0 Å². The predicted molar refractivity (Wildman–Crippen MR) is 68.8 cm³/mol. The van der Waals surface area contributed by atoms with E-state index in [4.69, 9.17) is 0 Å². The maximum atomic E-state index is 2.28. The van der Waals surface area contributed by atoms with Gasteiger partial charge in [-0.25, -0.2) is 0 Å². The molecule has 0 spiro atoms. The Bertz CT molecular complexity index is 367. The second-order valence-electron chi connectivity index (χ2n) is 5.21. The van der Waals surface area contributed by atoms with Gasteiger partial charge in [-0.2, -0.15) is 0 Å². The van der Waals surface area contributed by atoms with Gasteiger partial charge < -0.3 is 0 Å². The third-order valence-electron chi connectivity index (χ3n) is 3.02. The van der Waals surface area contributed by atoms with Crippen LogP contribution in [0.25, 0.3) is 0 Å². The second-order valence-corrected chi connectivity index (χ2v) is 5.21. The lowest BCUT2D eigenvalue weighted by Crippen LogP contribution is -2.00. The lowest BCUT2D eigenvalue weighted by atomic mass is 9.92. The Labute approximate surface area is 94.1 Å². The van der Waals surface area contributed by atoms with E-state index in [2.05, 4.69) is 65.8 Å². The van der Waals surface area contributed by atoms with Gasteiger partial charge in [0, 0.05) is 5.41 Å². The molecule has 1 aliphatic carbocycles. The van der Waals surface area contributed by atoms with Crippen molar-refractivity contribution in [1.82, 2.24) is 0 Å². The summed E-state index contributed by atoms with van der Waals surface area (Å²) in [5.74, 6) is 0. The molecule has 1 aliphatic rings. The lowest BCUT2D eigenvalue weighted by molar-refractivity contribution is 0.626. The number of rotatable bonds is 1. The summed E-state index contributed by atoms with van der Waals surface area (Å²) in [5.41, 5.74) is 5.69. The Morgan fingerprint density at radius 3 is 2.07 bits per heavy atom. The van der Waals surface area contributed by atoms with Crippen molar-refractivity contribution in [2.45, 2.75) is 41.5 Å². The molecule has 0 fully saturated rings. The molecule has 1 rings (SSSR count). The van der Waals surface area contributed by atoms with E-state index in [0.29, 0.717) is 0 Å². The maximum Gasteiger partial charge on any atom is 0.00110 e. The Morgan fingerprint density at radius 1 is 1.00 bits per heavy atom. The van der Waals surface area contributed by atoms with Gasteiger partial charge in [-0.1, -0.05) is 43.7 Å². The minimum atomic E-state index is 0.172. The van der Waals surface area contributed by atoms with E-state index >= 15 is 0 Å². The topological polar surface area (TPSA) is 0 Å². The average Bonchev–Trinajstić information content (AvgIpc) is 2.26. The Kier molecular flexibility index (Phi) is 3.38. The van der Waals surface area contributed by atoms with Gasteiger partial charge in [0.15, 0.2) is 0 Å². The zero-order valence-electron chi connectivity index (χ0n) is 10.8. The van der Waals surface area contributed by atoms with E-state index in [0.717, 1.165) is 0 Å². The molecular formula is C15H22. The fraction of sp³-hybridized carbons (Fsp3) is 0.467. The summed E-state index contributed by atoms with van der Waals surface area (Å²) in [6, 6.07) is 0. The molecule has 0 aromatic heterocycles. The Balaban J connectivity index is 3.22. The molecular weight excluding hydrogens is 180 g/mol. The van der Waals surface area contributed by atoms with Crippen LogP contribution in [0.3, 0.4) is 0 Å². The van der Waals surface area contributed by atoms with Crippen molar-refractivity contribution in [1.29, 1.82) is 0 Å². The van der Waals surface area contributed by atoms with Crippen LogP contribution in [0.4, 0.5) is 0 Å². The van der Waals surface area contributed by atoms with Gasteiger partial charge in [-0.15, -0.1) is 0 Å². The van der Waals surface area contributed by atoms with Crippen LogP contribution in [-0.2, 0) is 0 Å². The van der Waals surface area contributed by atoms with Crippen molar-refractivity contribution in [3.8, 4) is 0 Å². The molecule has 82 valence electrons. The molecule has 0 aromatic rings. The Morgan fingerprint density at radius 2 is 1.53 bits per heavy atom. The SMILES string of the molecule is CC(C)=C(C)C1=C(C)C=CC(C)(C)C=C1. The standard InChI is InChI=1S/C15H22/c1-11(2)13(4)14-8-10-15(5,6)9-7-12(14)3/h7-10H,1-6H3. The fourth-order valence-electron chi connectivity index (χ4n) is 1.60. The quantitative estimate of drug-likeness (QED) is 0.572. The summed E-state index contributed by atoms with van der Waals surface area (Å²) in [7, 11) is 0. The molecule has 0 unspecified atom stereocenters. The number of hydrogen-bond acceptors (Lipinski definition) is 0. The molecule has 0 saturated carbocycles. The minimum absolute atomic E-state index is 0.172. The fourth-order valence-corrected chi connectivity index (χ4v) is 1.60. The molecule has 0 N–H and O–H groups in total. The van der Waals surface area contributed by atoms with Gasteiger partial charge >= 0.3 is 0 Å². The third-order valence-corrected chi connectivity index (χ3v) is 3.02. The van der Waals surface area contributed by atoms with E-state index in [1.54, 1.807) is 0 Å². The summed E-state index contributed by atoms with van der Waals surface area (Å²) >= 11 is 0. The lowest BCUT2D eigenvalue weighted by Gasteiger charge is -2.12. The normalized spacial score (nSPS) is 19.1. The number of allylic oxidation sites excluding steroid dienone is 8. The maximum absolute atomic E-state index is 2.28. The minimum Gasteiger partial charge on any atom is -0.0748 e. The van der Waals surface area contributed by atoms with Crippen LogP contribution >= 0.6 is 0 Å². The summed E-state index contributed by atoms with van der Waals surface area (Å²) < 4.78 is 0. The molecule has 0 nitrogen and oxygen atoms in total. The van der Waals surface area contributed by atoms with Crippen LogP contribution in [0.15, 0.2) is 46.6 Å². The molecule has 0 atom stereocenters. The third kappa shape index (κ3) is 2.95. The molecule has 0 radical (unpaired) electrons. The molecule has 15 heavy (non-hydrogen) atoms. The smallest absolute Gasteiger partial charge is 0.00110 e. The number of hydrogen-bond donors (Lipinski definition) is 0. The van der Waals surface area contributed by atoms with E-state index in [-0.39, 0.29) is 5.41 Å². The highest BCUT2D eigenvalue weighted by Crippen LogP contribution is 2.29. The molecule has 0 bridgehead atoms. The monoisotopic (exact) mass is 202 g/mol. The van der Waals surface area contributed by atoms with Crippen molar-refractivity contribution < 1.29 is 0 Å². The van der Waals surface area contributed by atoms with Crippen LogP contribution in [0.2, 0.25) is 0 Å². The van der Waals surface area contributed by atoms with Crippen LogP contribution in [-0.4, -0.2) is 0 Å². The second kappa shape index (κ2) is 4.22. The van der Waals surface area contributed by atoms with E-state index in [1.165, 1.54) is 22.3 Å². The summed E-state index contributed by atoms with van der Waals surface area (Å²) in [4.78, 5) is 0. The molecule has 0 aromatic carbocycles. The van der Waals surface area contributed by atoms with Crippen LogP contribution in [0.5, 0.6) is 0 Å². The van der Waals surface area contributed by atoms with E-state index in [9.17, 15) is 0 Å². The van der Waals surface area contributed by atoms with Crippen molar-refractivity contribution in [2.24, 2.45) is 5.41 Å².